The molecule has 0 amide bonds. The van der Waals surface area contributed by atoms with Crippen LogP contribution in [0.4, 0.5) is 0 Å². The van der Waals surface area contributed by atoms with E-state index in [9.17, 15) is 4.79 Å². The SMILES string of the molecule is CC1(C)OC[C@H](C#CC(=O)O)O1. The van der Waals surface area contributed by atoms with Crippen molar-refractivity contribution < 1.29 is 19.4 Å². The van der Waals surface area contributed by atoms with Crippen molar-refractivity contribution in [1.82, 2.24) is 0 Å². The van der Waals surface area contributed by atoms with Crippen molar-refractivity contribution in [2.24, 2.45) is 0 Å². The van der Waals surface area contributed by atoms with Gasteiger partial charge in [0, 0.05) is 5.92 Å². The molecule has 0 aromatic carbocycles. The van der Waals surface area contributed by atoms with E-state index in [1.54, 1.807) is 13.8 Å². The summed E-state index contributed by atoms with van der Waals surface area (Å²) in [5, 5.41) is 8.23. The van der Waals surface area contributed by atoms with Gasteiger partial charge < -0.3 is 14.6 Å². The second-order valence-electron chi connectivity index (χ2n) is 2.89. The third kappa shape index (κ3) is 2.53. The van der Waals surface area contributed by atoms with Gasteiger partial charge in [-0.15, -0.1) is 0 Å². The minimum Gasteiger partial charge on any atom is -0.472 e. The van der Waals surface area contributed by atoms with E-state index in [-0.39, 0.29) is 0 Å². The van der Waals surface area contributed by atoms with E-state index < -0.39 is 17.9 Å². The van der Waals surface area contributed by atoms with E-state index in [1.807, 2.05) is 5.92 Å². The van der Waals surface area contributed by atoms with Gasteiger partial charge >= 0.3 is 5.97 Å². The Kier molecular flexibility index (Phi) is 2.36. The van der Waals surface area contributed by atoms with E-state index in [0.29, 0.717) is 6.61 Å². The van der Waals surface area contributed by atoms with E-state index in [2.05, 4.69) is 5.92 Å². The van der Waals surface area contributed by atoms with Crippen LogP contribution in [-0.2, 0) is 14.3 Å². The van der Waals surface area contributed by atoms with Crippen LogP contribution in [0.2, 0.25) is 0 Å². The van der Waals surface area contributed by atoms with Crippen LogP contribution >= 0.6 is 0 Å². The molecule has 1 heterocycles. The van der Waals surface area contributed by atoms with Crippen molar-refractivity contribution >= 4 is 5.97 Å². The molecular formula is C8H10O4. The molecule has 0 spiro atoms. The lowest BCUT2D eigenvalue weighted by Crippen LogP contribution is -2.20. The average Bonchev–Trinajstić information content (AvgIpc) is 2.26. The van der Waals surface area contributed by atoms with Gasteiger partial charge in [0.25, 0.3) is 0 Å². The molecule has 1 atom stereocenters. The fraction of sp³-hybridized carbons (Fsp3) is 0.625. The zero-order chi connectivity index (χ0) is 9.19. The molecule has 0 bridgehead atoms. The van der Waals surface area contributed by atoms with Crippen LogP contribution in [0, 0.1) is 11.8 Å². The molecule has 4 heteroatoms. The monoisotopic (exact) mass is 170 g/mol. The molecule has 0 unspecified atom stereocenters. The van der Waals surface area contributed by atoms with Crippen LogP contribution in [0.5, 0.6) is 0 Å². The smallest absolute Gasteiger partial charge is 0.381 e. The predicted molar refractivity (Wildman–Crippen MR) is 40.3 cm³/mol. The number of carboxylic acids is 1. The molecular weight excluding hydrogens is 160 g/mol. The van der Waals surface area contributed by atoms with Gasteiger partial charge in [0.2, 0.25) is 0 Å². The molecule has 0 aliphatic carbocycles. The van der Waals surface area contributed by atoms with E-state index >= 15 is 0 Å². The largest absolute Gasteiger partial charge is 0.472 e. The van der Waals surface area contributed by atoms with Crippen LogP contribution in [0.3, 0.4) is 0 Å². The first kappa shape index (κ1) is 9.04. The summed E-state index contributed by atoms with van der Waals surface area (Å²) in [4.78, 5) is 10.0. The van der Waals surface area contributed by atoms with Crippen molar-refractivity contribution in [2.75, 3.05) is 6.61 Å². The highest BCUT2D eigenvalue weighted by Gasteiger charge is 2.31. The first-order valence-corrected chi connectivity index (χ1v) is 3.56. The molecule has 0 aromatic rings. The Morgan fingerprint density at radius 3 is 2.75 bits per heavy atom. The lowest BCUT2D eigenvalue weighted by molar-refractivity contribution is -0.133. The fourth-order valence-electron chi connectivity index (χ4n) is 0.900. The molecule has 1 fully saturated rings. The zero-order valence-electron chi connectivity index (χ0n) is 6.96. The summed E-state index contributed by atoms with van der Waals surface area (Å²) >= 11 is 0. The van der Waals surface area contributed by atoms with Gasteiger partial charge in [0.05, 0.1) is 6.61 Å². The first-order valence-electron chi connectivity index (χ1n) is 3.56. The Morgan fingerprint density at radius 2 is 2.33 bits per heavy atom. The molecule has 1 aliphatic rings. The Bertz CT molecular complexity index is 246. The Labute approximate surface area is 70.5 Å². The van der Waals surface area contributed by atoms with E-state index in [4.69, 9.17) is 14.6 Å². The number of ether oxygens (including phenoxy) is 2. The normalized spacial score (nSPS) is 26.0. The van der Waals surface area contributed by atoms with Crippen LogP contribution in [0.15, 0.2) is 0 Å². The van der Waals surface area contributed by atoms with Gasteiger partial charge in [-0.1, -0.05) is 5.92 Å². The van der Waals surface area contributed by atoms with Gasteiger partial charge in [0.15, 0.2) is 5.79 Å². The quantitative estimate of drug-likeness (QED) is 0.528. The molecule has 0 aromatic heterocycles. The van der Waals surface area contributed by atoms with Gasteiger partial charge in [-0.3, -0.25) is 0 Å². The Balaban J connectivity index is 2.50. The number of aliphatic carboxylic acids is 1. The number of hydrogen-bond acceptors (Lipinski definition) is 3. The maximum Gasteiger partial charge on any atom is 0.381 e. The molecule has 0 saturated carbocycles. The zero-order valence-corrected chi connectivity index (χ0v) is 6.96. The molecule has 1 saturated heterocycles. The predicted octanol–water partition coefficient (Wildman–Crippen LogP) is 0.226. The first-order chi connectivity index (χ1) is 5.49. The lowest BCUT2D eigenvalue weighted by atomic mass is 10.4. The fourth-order valence-corrected chi connectivity index (χ4v) is 0.900. The highest BCUT2D eigenvalue weighted by molar-refractivity contribution is 5.86. The highest BCUT2D eigenvalue weighted by Crippen LogP contribution is 2.21. The summed E-state index contributed by atoms with van der Waals surface area (Å²) in [6.07, 6.45) is -0.420. The van der Waals surface area contributed by atoms with Crippen molar-refractivity contribution in [2.45, 2.75) is 25.7 Å². The van der Waals surface area contributed by atoms with E-state index in [1.165, 1.54) is 0 Å². The third-order valence-corrected chi connectivity index (χ3v) is 1.35. The summed E-state index contributed by atoms with van der Waals surface area (Å²) in [5.74, 6) is 2.64. The van der Waals surface area contributed by atoms with Crippen LogP contribution in [-0.4, -0.2) is 29.6 Å². The third-order valence-electron chi connectivity index (χ3n) is 1.35. The minimum absolute atomic E-state index is 0.327. The molecule has 66 valence electrons. The highest BCUT2D eigenvalue weighted by atomic mass is 16.7. The van der Waals surface area contributed by atoms with Gasteiger partial charge in [-0.2, -0.15) is 0 Å². The minimum atomic E-state index is -1.15. The summed E-state index contributed by atoms with van der Waals surface area (Å²) in [5.41, 5.74) is 0. The molecule has 1 aliphatic heterocycles. The number of rotatable bonds is 0. The average molecular weight is 170 g/mol. The second kappa shape index (κ2) is 3.13. The van der Waals surface area contributed by atoms with Crippen LogP contribution < -0.4 is 0 Å². The molecule has 0 radical (unpaired) electrons. The Morgan fingerprint density at radius 1 is 1.67 bits per heavy atom. The van der Waals surface area contributed by atoms with Gasteiger partial charge in [-0.25, -0.2) is 4.79 Å². The van der Waals surface area contributed by atoms with Crippen LogP contribution in [0.25, 0.3) is 0 Å². The molecule has 4 nitrogen and oxygen atoms in total. The summed E-state index contributed by atoms with van der Waals surface area (Å²) in [6.45, 7) is 3.85. The summed E-state index contributed by atoms with van der Waals surface area (Å²) in [7, 11) is 0. The molecule has 1 rings (SSSR count). The van der Waals surface area contributed by atoms with Crippen molar-refractivity contribution in [3.05, 3.63) is 0 Å². The maximum atomic E-state index is 10.0. The number of carboxylic acid groups (broad SMARTS) is 1. The van der Waals surface area contributed by atoms with Crippen molar-refractivity contribution in [3.8, 4) is 11.8 Å². The summed E-state index contributed by atoms with van der Waals surface area (Å²) in [6, 6.07) is 0. The summed E-state index contributed by atoms with van der Waals surface area (Å²) < 4.78 is 10.4. The van der Waals surface area contributed by atoms with Gasteiger partial charge in [0.1, 0.15) is 6.10 Å². The van der Waals surface area contributed by atoms with Gasteiger partial charge in [-0.05, 0) is 13.8 Å². The number of carbonyl (C=O) groups is 1. The molecule has 1 N–H and O–H groups in total. The second-order valence-corrected chi connectivity index (χ2v) is 2.89. The van der Waals surface area contributed by atoms with Crippen molar-refractivity contribution in [1.29, 1.82) is 0 Å². The van der Waals surface area contributed by atoms with E-state index in [0.717, 1.165) is 0 Å². The Hall–Kier alpha value is -1.05. The van der Waals surface area contributed by atoms with Crippen LogP contribution in [0.1, 0.15) is 13.8 Å². The van der Waals surface area contributed by atoms with Crippen molar-refractivity contribution in [3.63, 3.8) is 0 Å². The number of hydrogen-bond donors (Lipinski definition) is 1. The lowest BCUT2D eigenvalue weighted by Gasteiger charge is -2.14. The maximum absolute atomic E-state index is 10.0. The molecule has 12 heavy (non-hydrogen) atoms. The standard InChI is InChI=1S/C8H10O4/c1-8(2)11-5-6(12-8)3-4-7(9)10/h6H,5H2,1-2H3,(H,9,10)/t6-/m0/s1. The topological polar surface area (TPSA) is 55.8 Å².